The van der Waals surface area contributed by atoms with Crippen LogP contribution in [0.3, 0.4) is 0 Å². The first-order valence-electron chi connectivity index (χ1n) is 8.82. The van der Waals surface area contributed by atoms with Crippen LogP contribution in [0.15, 0.2) is 24.3 Å². The Labute approximate surface area is 148 Å². The van der Waals surface area contributed by atoms with E-state index in [-0.39, 0.29) is 18.0 Å². The second-order valence-corrected chi connectivity index (χ2v) is 6.90. The van der Waals surface area contributed by atoms with E-state index in [1.165, 1.54) is 5.56 Å². The molecule has 0 spiro atoms. The van der Waals surface area contributed by atoms with Crippen LogP contribution in [0, 0.1) is 0 Å². The van der Waals surface area contributed by atoms with E-state index in [0.717, 1.165) is 57.1 Å². The second-order valence-electron chi connectivity index (χ2n) is 6.46. The molecule has 0 saturated carbocycles. The predicted molar refractivity (Wildman–Crippen MR) is 95.2 cm³/mol. The minimum absolute atomic E-state index is 0.0469. The van der Waals surface area contributed by atoms with Crippen molar-refractivity contribution in [3.8, 4) is 0 Å². The SMILES string of the molecule is O=C(NCC(c1ccc(Cl)cc1)N1CCOCC1)[C@H]1CCCCN1. The van der Waals surface area contributed by atoms with E-state index < -0.39 is 0 Å². The Kier molecular flexibility index (Phi) is 6.49. The molecule has 132 valence electrons. The highest BCUT2D eigenvalue weighted by molar-refractivity contribution is 6.30. The number of amides is 1. The lowest BCUT2D eigenvalue weighted by Crippen LogP contribution is -2.49. The molecule has 1 aromatic rings. The number of rotatable bonds is 5. The molecule has 3 rings (SSSR count). The summed E-state index contributed by atoms with van der Waals surface area (Å²) in [4.78, 5) is 14.8. The Morgan fingerprint density at radius 1 is 1.29 bits per heavy atom. The average Bonchev–Trinajstić information content (AvgIpc) is 2.65. The number of carbonyl (C=O) groups excluding carboxylic acids is 1. The number of nitrogens with one attached hydrogen (secondary N) is 2. The lowest BCUT2D eigenvalue weighted by atomic mass is 10.0. The molecular formula is C18H26ClN3O2. The van der Waals surface area contributed by atoms with Crippen molar-refractivity contribution in [2.75, 3.05) is 39.4 Å². The van der Waals surface area contributed by atoms with Crippen LogP contribution in [-0.2, 0) is 9.53 Å². The number of benzene rings is 1. The van der Waals surface area contributed by atoms with Gasteiger partial charge in [-0.25, -0.2) is 0 Å². The Balaban J connectivity index is 1.64. The van der Waals surface area contributed by atoms with Crippen LogP contribution in [-0.4, -0.2) is 56.2 Å². The number of carbonyl (C=O) groups is 1. The highest BCUT2D eigenvalue weighted by Gasteiger charge is 2.25. The van der Waals surface area contributed by atoms with Crippen LogP contribution in [0.25, 0.3) is 0 Å². The molecule has 5 nitrogen and oxygen atoms in total. The maximum atomic E-state index is 12.4. The largest absolute Gasteiger partial charge is 0.379 e. The minimum Gasteiger partial charge on any atom is -0.379 e. The minimum atomic E-state index is -0.0469. The van der Waals surface area contributed by atoms with Gasteiger partial charge in [-0.15, -0.1) is 0 Å². The number of nitrogens with zero attached hydrogens (tertiary/aromatic N) is 1. The Morgan fingerprint density at radius 3 is 2.71 bits per heavy atom. The van der Waals surface area contributed by atoms with Gasteiger partial charge in [0.05, 0.1) is 25.3 Å². The second kappa shape index (κ2) is 8.81. The van der Waals surface area contributed by atoms with E-state index in [0.29, 0.717) is 6.54 Å². The molecule has 0 aromatic heterocycles. The van der Waals surface area contributed by atoms with Crippen molar-refractivity contribution in [3.63, 3.8) is 0 Å². The Morgan fingerprint density at radius 2 is 2.04 bits per heavy atom. The molecule has 24 heavy (non-hydrogen) atoms. The maximum Gasteiger partial charge on any atom is 0.237 e. The van der Waals surface area contributed by atoms with E-state index in [2.05, 4.69) is 15.5 Å². The van der Waals surface area contributed by atoms with Crippen LogP contribution < -0.4 is 10.6 Å². The monoisotopic (exact) mass is 351 g/mol. The lowest BCUT2D eigenvalue weighted by Gasteiger charge is -2.35. The summed E-state index contributed by atoms with van der Waals surface area (Å²) in [6, 6.07) is 8.03. The van der Waals surface area contributed by atoms with Crippen LogP contribution in [0.2, 0.25) is 5.02 Å². The quantitative estimate of drug-likeness (QED) is 0.851. The van der Waals surface area contributed by atoms with Crippen molar-refractivity contribution >= 4 is 17.5 Å². The van der Waals surface area contributed by atoms with Gasteiger partial charge in [0, 0.05) is 24.7 Å². The molecule has 1 unspecified atom stereocenters. The summed E-state index contributed by atoms with van der Waals surface area (Å²) in [6.45, 7) is 4.78. The van der Waals surface area contributed by atoms with Crippen molar-refractivity contribution in [2.45, 2.75) is 31.3 Å². The third kappa shape index (κ3) is 4.70. The zero-order valence-electron chi connectivity index (χ0n) is 14.0. The summed E-state index contributed by atoms with van der Waals surface area (Å²) in [5, 5.41) is 7.18. The summed E-state index contributed by atoms with van der Waals surface area (Å²) in [5.74, 6) is 0.113. The Hall–Kier alpha value is -1.14. The number of hydrogen-bond acceptors (Lipinski definition) is 4. The summed E-state index contributed by atoms with van der Waals surface area (Å²) in [5.41, 5.74) is 1.18. The van der Waals surface area contributed by atoms with Gasteiger partial charge in [-0.2, -0.15) is 0 Å². The third-order valence-electron chi connectivity index (χ3n) is 4.84. The molecule has 2 aliphatic rings. The van der Waals surface area contributed by atoms with E-state index >= 15 is 0 Å². The van der Waals surface area contributed by atoms with E-state index in [9.17, 15) is 4.79 Å². The molecule has 0 bridgehead atoms. The number of piperidine rings is 1. The first kappa shape index (κ1) is 17.7. The van der Waals surface area contributed by atoms with Gasteiger partial charge < -0.3 is 15.4 Å². The number of ether oxygens (including phenoxy) is 1. The first-order chi connectivity index (χ1) is 11.7. The molecule has 2 aliphatic heterocycles. The van der Waals surface area contributed by atoms with Gasteiger partial charge in [0.2, 0.25) is 5.91 Å². The average molecular weight is 352 g/mol. The number of halogens is 1. The fourth-order valence-corrected chi connectivity index (χ4v) is 3.55. The summed E-state index contributed by atoms with van der Waals surface area (Å²) in [6.07, 6.45) is 3.20. The first-order valence-corrected chi connectivity index (χ1v) is 9.20. The van der Waals surface area contributed by atoms with Crippen LogP contribution in [0.5, 0.6) is 0 Å². The highest BCUT2D eigenvalue weighted by Crippen LogP contribution is 2.23. The van der Waals surface area contributed by atoms with Gasteiger partial charge in [0.1, 0.15) is 0 Å². The van der Waals surface area contributed by atoms with E-state index in [4.69, 9.17) is 16.3 Å². The highest BCUT2D eigenvalue weighted by atomic mass is 35.5. The molecule has 0 aliphatic carbocycles. The van der Waals surface area contributed by atoms with Gasteiger partial charge >= 0.3 is 0 Å². The molecule has 2 N–H and O–H groups in total. The van der Waals surface area contributed by atoms with E-state index in [1.54, 1.807) is 0 Å². The van der Waals surface area contributed by atoms with E-state index in [1.807, 2.05) is 24.3 Å². The van der Waals surface area contributed by atoms with Crippen molar-refractivity contribution in [1.29, 1.82) is 0 Å². The molecule has 2 heterocycles. The number of hydrogen-bond donors (Lipinski definition) is 2. The lowest BCUT2D eigenvalue weighted by molar-refractivity contribution is -0.124. The third-order valence-corrected chi connectivity index (χ3v) is 5.09. The maximum absolute atomic E-state index is 12.4. The molecule has 1 aromatic carbocycles. The fourth-order valence-electron chi connectivity index (χ4n) is 3.43. The standard InChI is InChI=1S/C18H26ClN3O2/c19-15-6-4-14(5-7-15)17(22-9-11-24-12-10-22)13-21-18(23)16-3-1-2-8-20-16/h4-7,16-17,20H,1-3,8-13H2,(H,21,23)/t16-,17?/m1/s1. The molecular weight excluding hydrogens is 326 g/mol. The zero-order chi connectivity index (χ0) is 16.8. The molecule has 2 saturated heterocycles. The van der Waals surface area contributed by atoms with Crippen LogP contribution >= 0.6 is 11.6 Å². The van der Waals surface area contributed by atoms with Gasteiger partial charge in [-0.05, 0) is 37.1 Å². The zero-order valence-corrected chi connectivity index (χ0v) is 14.7. The smallest absolute Gasteiger partial charge is 0.237 e. The predicted octanol–water partition coefficient (Wildman–Crippen LogP) is 1.97. The molecule has 1 amide bonds. The summed E-state index contributed by atoms with van der Waals surface area (Å²) >= 11 is 6.02. The number of morpholine rings is 1. The normalized spacial score (nSPS) is 23.6. The molecule has 2 fully saturated rings. The molecule has 2 atom stereocenters. The Bertz CT molecular complexity index is 526. The van der Waals surface area contributed by atoms with Crippen molar-refractivity contribution < 1.29 is 9.53 Å². The van der Waals surface area contributed by atoms with Gasteiger partial charge in [0.15, 0.2) is 0 Å². The fraction of sp³-hybridized carbons (Fsp3) is 0.611. The molecule has 0 radical (unpaired) electrons. The van der Waals surface area contributed by atoms with Crippen molar-refractivity contribution in [1.82, 2.24) is 15.5 Å². The summed E-state index contributed by atoms with van der Waals surface area (Å²) < 4.78 is 5.47. The van der Waals surface area contributed by atoms with Gasteiger partial charge in [-0.1, -0.05) is 30.2 Å². The van der Waals surface area contributed by atoms with Crippen molar-refractivity contribution in [2.24, 2.45) is 0 Å². The van der Waals surface area contributed by atoms with Crippen molar-refractivity contribution in [3.05, 3.63) is 34.9 Å². The summed E-state index contributed by atoms with van der Waals surface area (Å²) in [7, 11) is 0. The van der Waals surface area contributed by atoms with Gasteiger partial charge in [0.25, 0.3) is 0 Å². The topological polar surface area (TPSA) is 53.6 Å². The van der Waals surface area contributed by atoms with Crippen LogP contribution in [0.4, 0.5) is 0 Å². The molecule has 6 heteroatoms. The van der Waals surface area contributed by atoms with Crippen LogP contribution in [0.1, 0.15) is 30.9 Å². The van der Waals surface area contributed by atoms with Gasteiger partial charge in [-0.3, -0.25) is 9.69 Å².